The minimum Gasteiger partial charge on any atom is -0.398 e. The van der Waals surface area contributed by atoms with Crippen molar-refractivity contribution in [2.75, 3.05) is 12.3 Å². The number of benzene rings is 1. The lowest BCUT2D eigenvalue weighted by molar-refractivity contribution is 0.206. The highest BCUT2D eigenvalue weighted by Gasteiger charge is 2.10. The van der Waals surface area contributed by atoms with Crippen molar-refractivity contribution in [1.82, 2.24) is 4.90 Å². The smallest absolute Gasteiger partial charge is 0.0635 e. The minimum absolute atomic E-state index is 0.599. The molecule has 1 aromatic rings. The lowest BCUT2D eigenvalue weighted by atomic mass is 10.1. The Balaban J connectivity index is 2.74. The van der Waals surface area contributed by atoms with Crippen molar-refractivity contribution in [2.24, 2.45) is 0 Å². The zero-order valence-electron chi connectivity index (χ0n) is 10.3. The van der Waals surface area contributed by atoms with Gasteiger partial charge in [0, 0.05) is 12.6 Å². The summed E-state index contributed by atoms with van der Waals surface area (Å²) in [5, 5.41) is 0.635. The quantitative estimate of drug-likeness (QED) is 0.798. The first-order valence-corrected chi connectivity index (χ1v) is 6.24. The molecule has 0 fully saturated rings. The van der Waals surface area contributed by atoms with Crippen molar-refractivity contribution in [3.8, 4) is 0 Å². The molecule has 0 aromatic heterocycles. The van der Waals surface area contributed by atoms with Crippen LogP contribution in [0.25, 0.3) is 0 Å². The van der Waals surface area contributed by atoms with Gasteiger partial charge in [-0.2, -0.15) is 0 Å². The Kier molecular flexibility index (Phi) is 5.10. The zero-order chi connectivity index (χ0) is 12.1. The van der Waals surface area contributed by atoms with E-state index in [1.807, 2.05) is 18.2 Å². The number of nitrogens with zero attached hydrogens (tertiary/aromatic N) is 1. The second-order valence-electron chi connectivity index (χ2n) is 4.18. The molecule has 0 radical (unpaired) electrons. The average molecular weight is 241 g/mol. The SMILES string of the molecule is CCC(C)N(CC)Cc1ccc(Cl)c(N)c1. The van der Waals surface area contributed by atoms with Gasteiger partial charge in [-0.1, -0.05) is 31.5 Å². The van der Waals surface area contributed by atoms with Crippen LogP contribution < -0.4 is 5.73 Å². The average Bonchev–Trinajstić information content (AvgIpc) is 2.29. The van der Waals surface area contributed by atoms with Gasteiger partial charge in [0.2, 0.25) is 0 Å². The Hall–Kier alpha value is -0.730. The molecule has 0 aliphatic heterocycles. The Bertz CT molecular complexity index is 339. The Morgan fingerprint density at radius 1 is 1.38 bits per heavy atom. The van der Waals surface area contributed by atoms with E-state index in [-0.39, 0.29) is 0 Å². The monoisotopic (exact) mass is 240 g/mol. The molecule has 0 bridgehead atoms. The molecule has 2 N–H and O–H groups in total. The van der Waals surface area contributed by atoms with Crippen LogP contribution in [0.15, 0.2) is 18.2 Å². The Labute approximate surface area is 103 Å². The molecule has 0 amide bonds. The number of halogens is 1. The van der Waals surface area contributed by atoms with Gasteiger partial charge in [-0.05, 0) is 37.6 Å². The number of nitrogen functional groups attached to an aromatic ring is 1. The van der Waals surface area contributed by atoms with Crippen molar-refractivity contribution in [2.45, 2.75) is 39.8 Å². The van der Waals surface area contributed by atoms with E-state index in [2.05, 4.69) is 25.7 Å². The van der Waals surface area contributed by atoms with Crippen LogP contribution in [-0.2, 0) is 6.54 Å². The van der Waals surface area contributed by atoms with Crippen molar-refractivity contribution in [3.63, 3.8) is 0 Å². The van der Waals surface area contributed by atoms with Crippen LogP contribution in [0.1, 0.15) is 32.8 Å². The highest BCUT2D eigenvalue weighted by atomic mass is 35.5. The van der Waals surface area contributed by atoms with E-state index in [0.29, 0.717) is 16.8 Å². The molecule has 0 aliphatic rings. The lowest BCUT2D eigenvalue weighted by Crippen LogP contribution is -2.31. The summed E-state index contributed by atoms with van der Waals surface area (Å²) in [6.07, 6.45) is 1.16. The highest BCUT2D eigenvalue weighted by Crippen LogP contribution is 2.21. The largest absolute Gasteiger partial charge is 0.398 e. The van der Waals surface area contributed by atoms with Gasteiger partial charge < -0.3 is 5.73 Å². The number of rotatable bonds is 5. The standard InChI is InChI=1S/C13H21ClN2/c1-4-10(3)16(5-2)9-11-6-7-12(14)13(15)8-11/h6-8,10H,4-5,9,15H2,1-3H3. The van der Waals surface area contributed by atoms with E-state index < -0.39 is 0 Å². The number of hydrogen-bond acceptors (Lipinski definition) is 2. The summed E-state index contributed by atoms with van der Waals surface area (Å²) < 4.78 is 0. The van der Waals surface area contributed by atoms with E-state index in [4.69, 9.17) is 17.3 Å². The van der Waals surface area contributed by atoms with Gasteiger partial charge in [0.1, 0.15) is 0 Å². The molecule has 0 heterocycles. The van der Waals surface area contributed by atoms with E-state index in [0.717, 1.165) is 19.5 Å². The maximum Gasteiger partial charge on any atom is 0.0635 e. The highest BCUT2D eigenvalue weighted by molar-refractivity contribution is 6.33. The molecule has 0 saturated heterocycles. The van der Waals surface area contributed by atoms with Crippen molar-refractivity contribution >= 4 is 17.3 Å². The molecule has 2 nitrogen and oxygen atoms in total. The first kappa shape index (κ1) is 13.3. The summed E-state index contributed by atoms with van der Waals surface area (Å²) in [4.78, 5) is 2.43. The van der Waals surface area contributed by atoms with Gasteiger partial charge in [0.05, 0.1) is 10.7 Å². The van der Waals surface area contributed by atoms with E-state index in [1.54, 1.807) is 0 Å². The van der Waals surface area contributed by atoms with Gasteiger partial charge in [-0.25, -0.2) is 0 Å². The second kappa shape index (κ2) is 6.12. The molecule has 90 valence electrons. The van der Waals surface area contributed by atoms with Gasteiger partial charge in [-0.15, -0.1) is 0 Å². The van der Waals surface area contributed by atoms with Crippen molar-refractivity contribution in [3.05, 3.63) is 28.8 Å². The fraction of sp³-hybridized carbons (Fsp3) is 0.538. The van der Waals surface area contributed by atoms with Crippen LogP contribution in [0.5, 0.6) is 0 Å². The third-order valence-corrected chi connectivity index (χ3v) is 3.41. The van der Waals surface area contributed by atoms with E-state index in [1.165, 1.54) is 5.56 Å². The number of hydrogen-bond donors (Lipinski definition) is 1. The summed E-state index contributed by atoms with van der Waals surface area (Å²) >= 11 is 5.90. The summed E-state index contributed by atoms with van der Waals surface area (Å²) in [7, 11) is 0. The first-order valence-electron chi connectivity index (χ1n) is 5.86. The fourth-order valence-corrected chi connectivity index (χ4v) is 1.88. The van der Waals surface area contributed by atoms with Crippen molar-refractivity contribution < 1.29 is 0 Å². The van der Waals surface area contributed by atoms with Gasteiger partial charge >= 0.3 is 0 Å². The van der Waals surface area contributed by atoms with Crippen LogP contribution in [-0.4, -0.2) is 17.5 Å². The van der Waals surface area contributed by atoms with Gasteiger partial charge in [0.15, 0.2) is 0 Å². The molecule has 3 heteroatoms. The molecule has 0 aliphatic carbocycles. The summed E-state index contributed by atoms with van der Waals surface area (Å²) in [6, 6.07) is 6.48. The van der Waals surface area contributed by atoms with Crippen molar-refractivity contribution in [1.29, 1.82) is 0 Å². The van der Waals surface area contributed by atoms with Crippen LogP contribution in [0.3, 0.4) is 0 Å². The molecular weight excluding hydrogens is 220 g/mol. The topological polar surface area (TPSA) is 29.3 Å². The third-order valence-electron chi connectivity index (χ3n) is 3.07. The molecule has 1 rings (SSSR count). The third kappa shape index (κ3) is 3.39. The zero-order valence-corrected chi connectivity index (χ0v) is 11.1. The molecular formula is C13H21ClN2. The predicted molar refractivity (Wildman–Crippen MR) is 71.7 cm³/mol. The maximum absolute atomic E-state index is 5.90. The maximum atomic E-state index is 5.90. The van der Waals surface area contributed by atoms with E-state index in [9.17, 15) is 0 Å². The van der Waals surface area contributed by atoms with E-state index >= 15 is 0 Å². The van der Waals surface area contributed by atoms with Crippen LogP contribution in [0, 0.1) is 0 Å². The molecule has 1 atom stereocenters. The molecule has 1 unspecified atom stereocenters. The number of anilines is 1. The lowest BCUT2D eigenvalue weighted by Gasteiger charge is -2.27. The molecule has 0 spiro atoms. The summed E-state index contributed by atoms with van der Waals surface area (Å²) in [5.41, 5.74) is 7.69. The van der Waals surface area contributed by atoms with Gasteiger partial charge in [-0.3, -0.25) is 4.90 Å². The Morgan fingerprint density at radius 3 is 2.56 bits per heavy atom. The van der Waals surface area contributed by atoms with Crippen LogP contribution >= 0.6 is 11.6 Å². The first-order chi connectivity index (χ1) is 7.58. The molecule has 16 heavy (non-hydrogen) atoms. The Morgan fingerprint density at radius 2 is 2.06 bits per heavy atom. The normalized spacial score (nSPS) is 13.1. The summed E-state index contributed by atoms with van der Waals surface area (Å²) in [5.74, 6) is 0. The van der Waals surface area contributed by atoms with Gasteiger partial charge in [0.25, 0.3) is 0 Å². The fourth-order valence-electron chi connectivity index (χ4n) is 1.76. The molecule has 1 aromatic carbocycles. The minimum atomic E-state index is 0.599. The van der Waals surface area contributed by atoms with Crippen LogP contribution in [0.2, 0.25) is 5.02 Å². The molecule has 0 saturated carbocycles. The second-order valence-corrected chi connectivity index (χ2v) is 4.58. The predicted octanol–water partition coefficient (Wildman–Crippen LogP) is 3.54. The summed E-state index contributed by atoms with van der Waals surface area (Å²) in [6.45, 7) is 8.64. The number of nitrogens with two attached hydrogens (primary N) is 1. The van der Waals surface area contributed by atoms with Crippen LogP contribution in [0.4, 0.5) is 5.69 Å².